The minimum Gasteiger partial charge on any atom is -0.460 e. The SMILES string of the molecule is C[C@@H](O)[C@H]1C(=O)N2C(C(=O)OCc3ccc([N+](=O)[O-])cc3)=C(S[C@H]3C[C@@H](C(=O)N4CC[C@@H](N=C(N)CC(=O)OCc5ccc([N+](=O)[O-])cc5)C4)N(C(=O)OCc4ccc([N+](=O)[O-])cc4)C3)[C@H](C)[C@H]12. The minimum atomic E-state index is -1.06. The predicted molar refractivity (Wildman–Crippen MR) is 239 cm³/mol. The number of thioether (sulfide) groups is 1. The molecule has 3 N–H and O–H groups in total. The Bertz CT molecular complexity index is 2560. The number of ether oxygens (including phenoxy) is 3. The van der Waals surface area contributed by atoms with Gasteiger partial charge in [-0.15, -0.1) is 11.8 Å². The monoisotopic (exact) mass is 958 g/mol. The van der Waals surface area contributed by atoms with Gasteiger partial charge < -0.3 is 34.9 Å². The van der Waals surface area contributed by atoms with E-state index < -0.39 is 85.9 Å². The number of aliphatic hydroxyl groups is 1. The molecule has 0 spiro atoms. The van der Waals surface area contributed by atoms with E-state index in [9.17, 15) is 59.4 Å². The van der Waals surface area contributed by atoms with Crippen molar-refractivity contribution in [2.24, 2.45) is 22.6 Å². The molecule has 3 fully saturated rings. The Labute approximate surface area is 391 Å². The molecule has 7 atom stereocenters. The number of amidine groups is 1. The van der Waals surface area contributed by atoms with E-state index in [-0.39, 0.29) is 80.9 Å². The van der Waals surface area contributed by atoms with Gasteiger partial charge in [-0.3, -0.25) is 54.6 Å². The van der Waals surface area contributed by atoms with Crippen molar-refractivity contribution in [1.82, 2.24) is 14.7 Å². The van der Waals surface area contributed by atoms with Gasteiger partial charge in [0.2, 0.25) is 11.8 Å². The molecule has 0 radical (unpaired) electrons. The highest BCUT2D eigenvalue weighted by molar-refractivity contribution is 8.03. The maximum Gasteiger partial charge on any atom is 0.410 e. The van der Waals surface area contributed by atoms with Crippen LogP contribution in [0, 0.1) is 42.2 Å². The lowest BCUT2D eigenvalue weighted by Gasteiger charge is -2.46. The van der Waals surface area contributed by atoms with E-state index in [1.165, 1.54) is 106 Å². The van der Waals surface area contributed by atoms with Gasteiger partial charge in [0.15, 0.2) is 0 Å². The number of fused-ring (bicyclic) bond motifs is 1. The maximum atomic E-state index is 14.4. The number of likely N-dealkylation sites (tertiary alicyclic amines) is 2. The molecule has 3 saturated heterocycles. The zero-order valence-corrected chi connectivity index (χ0v) is 37.4. The molecule has 3 amide bonds. The number of aliphatic imine (C=N–C) groups is 1. The van der Waals surface area contributed by atoms with Crippen LogP contribution in [0.1, 0.15) is 49.8 Å². The molecular weight excluding hydrogens is 913 g/mol. The first-order chi connectivity index (χ1) is 32.4. The van der Waals surface area contributed by atoms with Gasteiger partial charge in [0.05, 0.1) is 38.9 Å². The fraction of sp³-hybridized carbons (Fsp3) is 0.409. The Kier molecular flexibility index (Phi) is 14.7. The molecule has 4 aliphatic rings. The van der Waals surface area contributed by atoms with Crippen molar-refractivity contribution >= 4 is 64.5 Å². The molecule has 4 aliphatic heterocycles. The highest BCUT2D eigenvalue weighted by atomic mass is 32.2. The molecule has 0 aliphatic carbocycles. The first-order valence-electron chi connectivity index (χ1n) is 21.4. The Morgan fingerprint density at radius 2 is 1.34 bits per heavy atom. The maximum absolute atomic E-state index is 14.4. The van der Waals surface area contributed by atoms with E-state index in [0.717, 1.165) is 0 Å². The number of benzene rings is 3. The largest absolute Gasteiger partial charge is 0.460 e. The van der Waals surface area contributed by atoms with Crippen LogP contribution in [0.2, 0.25) is 0 Å². The third-order valence-corrected chi connectivity index (χ3v) is 13.6. The summed E-state index contributed by atoms with van der Waals surface area (Å²) in [5, 5.41) is 43.3. The molecule has 4 heterocycles. The number of nitrogens with two attached hydrogens (primary N) is 1. The lowest BCUT2D eigenvalue weighted by Crippen LogP contribution is -2.63. The Morgan fingerprint density at radius 1 is 0.824 bits per heavy atom. The highest BCUT2D eigenvalue weighted by Gasteiger charge is 2.61. The van der Waals surface area contributed by atoms with Crippen molar-refractivity contribution < 1.29 is 58.1 Å². The summed E-state index contributed by atoms with van der Waals surface area (Å²) in [7, 11) is 0. The van der Waals surface area contributed by atoms with Crippen LogP contribution in [0.3, 0.4) is 0 Å². The van der Waals surface area contributed by atoms with E-state index in [0.29, 0.717) is 28.0 Å². The minimum absolute atomic E-state index is 0.0335. The van der Waals surface area contributed by atoms with Gasteiger partial charge in [0.1, 0.15) is 43.8 Å². The number of β-lactam (4-membered cyclic amide) rings is 1. The second-order valence-corrected chi connectivity index (χ2v) is 18.0. The zero-order chi connectivity index (χ0) is 49.0. The lowest BCUT2D eigenvalue weighted by atomic mass is 9.79. The van der Waals surface area contributed by atoms with E-state index in [2.05, 4.69) is 4.99 Å². The molecule has 0 unspecified atom stereocenters. The van der Waals surface area contributed by atoms with Crippen molar-refractivity contribution in [3.63, 3.8) is 0 Å². The molecular formula is C44H46N8O15S. The second kappa shape index (κ2) is 20.6. The van der Waals surface area contributed by atoms with E-state index in [4.69, 9.17) is 19.9 Å². The third kappa shape index (κ3) is 10.7. The Morgan fingerprint density at radius 3 is 1.85 bits per heavy atom. The fourth-order valence-corrected chi connectivity index (χ4v) is 10.2. The predicted octanol–water partition coefficient (Wildman–Crippen LogP) is 4.13. The van der Waals surface area contributed by atoms with Crippen LogP contribution in [-0.2, 0) is 53.2 Å². The number of non-ortho nitro benzene ring substituents is 3. The number of nitro benzene ring substituents is 3. The number of hydrogen-bond acceptors (Lipinski definition) is 17. The van der Waals surface area contributed by atoms with Gasteiger partial charge in [0.25, 0.3) is 17.1 Å². The molecule has 3 aromatic rings. The van der Waals surface area contributed by atoms with Gasteiger partial charge in [-0.2, -0.15) is 0 Å². The van der Waals surface area contributed by atoms with Gasteiger partial charge in [-0.25, -0.2) is 9.59 Å². The van der Waals surface area contributed by atoms with Crippen LogP contribution in [0.5, 0.6) is 0 Å². The summed E-state index contributed by atoms with van der Waals surface area (Å²) in [6.45, 7) is 2.91. The van der Waals surface area contributed by atoms with Crippen molar-refractivity contribution in [1.29, 1.82) is 0 Å². The summed E-state index contributed by atoms with van der Waals surface area (Å²) >= 11 is 1.21. The number of rotatable bonds is 17. The number of carbonyl (C=O) groups excluding carboxylic acids is 5. The number of aliphatic hydroxyl groups excluding tert-OH is 1. The second-order valence-electron chi connectivity index (χ2n) is 16.7. The number of hydrogen-bond donors (Lipinski definition) is 2. The molecule has 0 aromatic heterocycles. The number of carbonyl (C=O) groups is 5. The molecule has 68 heavy (non-hydrogen) atoms. The average molecular weight is 959 g/mol. The normalized spacial score (nSPS) is 22.6. The smallest absolute Gasteiger partial charge is 0.410 e. The zero-order valence-electron chi connectivity index (χ0n) is 36.6. The summed E-state index contributed by atoms with van der Waals surface area (Å²) in [5.74, 6) is -3.75. The number of nitro groups is 3. The van der Waals surface area contributed by atoms with Crippen molar-refractivity contribution in [3.8, 4) is 0 Å². The van der Waals surface area contributed by atoms with Gasteiger partial charge in [0, 0.05) is 72.1 Å². The fourth-order valence-electron chi connectivity index (χ4n) is 8.66. The summed E-state index contributed by atoms with van der Waals surface area (Å²) in [5.41, 5.74) is 7.09. The molecule has 3 aromatic carbocycles. The van der Waals surface area contributed by atoms with Gasteiger partial charge in [-0.05, 0) is 72.9 Å². The molecule has 0 bridgehead atoms. The molecule has 7 rings (SSSR count). The van der Waals surface area contributed by atoms with Gasteiger partial charge >= 0.3 is 18.0 Å². The van der Waals surface area contributed by atoms with Crippen molar-refractivity contribution in [3.05, 3.63) is 130 Å². The quantitative estimate of drug-likeness (QED) is 0.0365. The summed E-state index contributed by atoms with van der Waals surface area (Å²) in [6.07, 6.45) is -1.77. The van der Waals surface area contributed by atoms with Gasteiger partial charge in [-0.1, -0.05) is 6.92 Å². The molecule has 24 heteroatoms. The molecule has 0 saturated carbocycles. The lowest BCUT2D eigenvalue weighted by molar-refractivity contribution is -0.385. The number of esters is 2. The van der Waals surface area contributed by atoms with Crippen LogP contribution >= 0.6 is 11.8 Å². The van der Waals surface area contributed by atoms with Crippen LogP contribution < -0.4 is 5.73 Å². The first kappa shape index (κ1) is 48.5. The van der Waals surface area contributed by atoms with Crippen LogP contribution in [-0.4, -0.2) is 119 Å². The standard InChI is InChI=1S/C44H46N8O15S/c1-24-38-37(25(2)53)42(56)49(38)39(43(57)66-22-27-5-11-31(12-6-27)51(61)62)40(24)68-33-17-34(48(20-33)44(58)67-23-28-7-13-32(14-8-28)52(63)64)41(55)47-16-15-29(19-47)46-35(45)18-36(54)65-21-26-3-9-30(10-4-26)50(59)60/h3-14,24-25,29,33-34,37-38,53H,15-23H2,1-2H3,(H2,45,46)/t24-,25-,29-,33+,34+,37-,38-/m1/s1. The van der Waals surface area contributed by atoms with Crippen molar-refractivity contribution in [2.45, 2.75) is 82.4 Å². The Balaban J connectivity index is 1.06. The molecule has 358 valence electrons. The summed E-state index contributed by atoms with van der Waals surface area (Å²) in [4.78, 5) is 109. The first-order valence-corrected chi connectivity index (χ1v) is 22.3. The Hall–Kier alpha value is -7.47. The summed E-state index contributed by atoms with van der Waals surface area (Å²) < 4.78 is 16.6. The molecule has 23 nitrogen and oxygen atoms in total. The highest BCUT2D eigenvalue weighted by Crippen LogP contribution is 2.52. The summed E-state index contributed by atoms with van der Waals surface area (Å²) in [6, 6.07) is 14.2. The number of nitrogens with zero attached hydrogens (tertiary/aromatic N) is 7. The third-order valence-electron chi connectivity index (χ3n) is 12.1. The van der Waals surface area contributed by atoms with Crippen LogP contribution in [0.15, 0.2) is 88.4 Å². The topological polar surface area (TPSA) is 311 Å². The number of amides is 3. The van der Waals surface area contributed by atoms with Crippen molar-refractivity contribution in [2.75, 3.05) is 19.6 Å². The van der Waals surface area contributed by atoms with Crippen LogP contribution in [0.25, 0.3) is 0 Å². The van der Waals surface area contributed by atoms with E-state index >= 15 is 0 Å². The average Bonchev–Trinajstić information content (AvgIpc) is 4.02. The van der Waals surface area contributed by atoms with E-state index in [1.807, 2.05) is 6.92 Å². The van der Waals surface area contributed by atoms with Crippen LogP contribution in [0.4, 0.5) is 21.9 Å². The van der Waals surface area contributed by atoms with E-state index in [1.54, 1.807) is 0 Å².